The van der Waals surface area contributed by atoms with E-state index in [0.717, 1.165) is 0 Å². The van der Waals surface area contributed by atoms with Crippen LogP contribution in [0.2, 0.25) is 0 Å². The van der Waals surface area contributed by atoms with Crippen molar-refractivity contribution in [3.8, 4) is 0 Å². The molecule has 0 radical (unpaired) electrons. The van der Waals surface area contributed by atoms with Crippen molar-refractivity contribution in [3.63, 3.8) is 0 Å². The van der Waals surface area contributed by atoms with Crippen molar-refractivity contribution >= 4 is 48.9 Å². The molecule has 0 aliphatic carbocycles. The van der Waals surface area contributed by atoms with Crippen molar-refractivity contribution in [2.75, 3.05) is 0 Å². The Morgan fingerprint density at radius 1 is 0.300 bits per heavy atom. The van der Waals surface area contributed by atoms with E-state index in [4.69, 9.17) is 0 Å². The van der Waals surface area contributed by atoms with Gasteiger partial charge in [-0.3, -0.25) is 0 Å². The fraction of sp³-hybridized carbons (Fsp3) is 0. The summed E-state index contributed by atoms with van der Waals surface area (Å²) < 4.78 is 0. The summed E-state index contributed by atoms with van der Waals surface area (Å²) in [6, 6.07) is 0. The van der Waals surface area contributed by atoms with Crippen LogP contribution in [0.5, 0.6) is 0 Å². The van der Waals surface area contributed by atoms with Gasteiger partial charge < -0.3 is 49.3 Å². The Morgan fingerprint density at radius 3 is 0.300 bits per heavy atom. The smallest absolute Gasteiger partial charge is 2.00 e. The van der Waals surface area contributed by atoms with Crippen LogP contribution in [0.15, 0.2) is 0 Å². The van der Waals surface area contributed by atoms with Gasteiger partial charge in [-0.05, 0) is 0 Å². The summed E-state index contributed by atoms with van der Waals surface area (Å²) in [6.07, 6.45) is 0. The topological polar surface area (TPSA) is 280 Å². The van der Waals surface area contributed by atoms with Crippen LogP contribution in [0.3, 0.4) is 0 Å². The molecular formula is H16BaO9. The van der Waals surface area contributed by atoms with E-state index in [2.05, 4.69) is 0 Å². The van der Waals surface area contributed by atoms with Gasteiger partial charge in [0, 0.05) is 0 Å². The zero-order valence-electron chi connectivity index (χ0n) is 5.12. The Morgan fingerprint density at radius 2 is 0.300 bits per heavy atom. The molecule has 0 aliphatic heterocycles. The van der Waals surface area contributed by atoms with E-state index in [9.17, 15) is 0 Å². The summed E-state index contributed by atoms with van der Waals surface area (Å²) in [6.45, 7) is 0. The van der Waals surface area contributed by atoms with E-state index < -0.39 is 0 Å². The number of hydrogen-bond acceptors (Lipinski definition) is 0. The van der Waals surface area contributed by atoms with Crippen molar-refractivity contribution in [3.05, 3.63) is 0 Å². The third kappa shape index (κ3) is 423. The van der Waals surface area contributed by atoms with E-state index in [1.807, 2.05) is 0 Å². The Balaban J connectivity index is 0. The van der Waals surface area contributed by atoms with Crippen molar-refractivity contribution < 1.29 is 49.3 Å². The molecule has 0 saturated carbocycles. The first-order valence-electron chi connectivity index (χ1n) is 0. The molecule has 0 spiro atoms. The minimum absolute atomic E-state index is 0. The van der Waals surface area contributed by atoms with Crippen molar-refractivity contribution in [2.24, 2.45) is 0 Å². The molecule has 10 heteroatoms. The molecule has 0 amide bonds. The molecule has 9 nitrogen and oxygen atoms in total. The molecule has 16 N–H and O–H groups in total. The average molecular weight is 297 g/mol. The molecule has 0 rings (SSSR count). The number of rotatable bonds is 0. The van der Waals surface area contributed by atoms with Crippen LogP contribution >= 0.6 is 0 Å². The minimum atomic E-state index is 0. The second kappa shape index (κ2) is 590. The molecule has 0 aromatic rings. The monoisotopic (exact) mass is 298 g/mol. The largest absolute Gasteiger partial charge is 2.00 e. The van der Waals surface area contributed by atoms with Gasteiger partial charge in [0.15, 0.2) is 0 Å². The maximum absolute atomic E-state index is 0. The maximum Gasteiger partial charge on any atom is 2.00 e. The first-order chi connectivity index (χ1) is 0. The van der Waals surface area contributed by atoms with E-state index in [-0.39, 0.29) is 98.2 Å². The van der Waals surface area contributed by atoms with Crippen LogP contribution in [-0.2, 0) is 5.48 Å². The molecular weight excluding hydrogens is 281 g/mol. The summed E-state index contributed by atoms with van der Waals surface area (Å²) in [7, 11) is 0. The van der Waals surface area contributed by atoms with Crippen LogP contribution in [0.1, 0.15) is 0 Å². The second-order valence-corrected chi connectivity index (χ2v) is 0. The van der Waals surface area contributed by atoms with Crippen LogP contribution < -0.4 is 0 Å². The first-order valence-corrected chi connectivity index (χ1v) is 0. The van der Waals surface area contributed by atoms with Gasteiger partial charge >= 0.3 is 48.9 Å². The van der Waals surface area contributed by atoms with Crippen molar-refractivity contribution in [2.45, 2.75) is 0 Å². The summed E-state index contributed by atoms with van der Waals surface area (Å²) in [4.78, 5) is 0. The van der Waals surface area contributed by atoms with Gasteiger partial charge in [0.2, 0.25) is 0 Å². The molecule has 0 heterocycles. The Kier molecular flexibility index (Phi) is 47000. The van der Waals surface area contributed by atoms with Gasteiger partial charge in [0.25, 0.3) is 0 Å². The van der Waals surface area contributed by atoms with Crippen molar-refractivity contribution in [1.29, 1.82) is 0 Å². The zero-order chi connectivity index (χ0) is 0. The molecule has 10 heavy (non-hydrogen) atoms. The van der Waals surface area contributed by atoms with E-state index in [1.165, 1.54) is 0 Å². The molecule has 0 aromatic carbocycles. The third-order valence-electron chi connectivity index (χ3n) is 0. The molecule has 0 aliphatic rings. The van der Waals surface area contributed by atoms with Gasteiger partial charge in [-0.25, -0.2) is 0 Å². The normalized spacial score (nSPS) is 0. The minimum Gasteiger partial charge on any atom is -2.00 e. The molecule has 0 atom stereocenters. The molecule has 0 fully saturated rings. The fourth-order valence-electron chi connectivity index (χ4n) is 0. The van der Waals surface area contributed by atoms with Crippen LogP contribution in [0.25, 0.3) is 0 Å². The van der Waals surface area contributed by atoms with Crippen LogP contribution in [0.4, 0.5) is 0 Å². The molecule has 0 bridgehead atoms. The fourth-order valence-corrected chi connectivity index (χ4v) is 0. The van der Waals surface area contributed by atoms with Crippen LogP contribution in [0, 0.1) is 0 Å². The first kappa shape index (κ1) is 797. The van der Waals surface area contributed by atoms with E-state index in [1.54, 1.807) is 0 Å². The third-order valence-corrected chi connectivity index (χ3v) is 0. The standard InChI is InChI=1S/Ba.8H2O.O/h;8*1H2;/q+2;;;;;;;;;-2. The summed E-state index contributed by atoms with van der Waals surface area (Å²) in [5, 5.41) is 0. The molecule has 0 saturated heterocycles. The Hall–Kier alpha value is 1.21. The Labute approximate surface area is 97.3 Å². The summed E-state index contributed by atoms with van der Waals surface area (Å²) in [5.41, 5.74) is 0. The van der Waals surface area contributed by atoms with Gasteiger partial charge in [-0.2, -0.15) is 0 Å². The SMILES string of the molecule is O.O.O.O.O.O.O.O.[Ba+2].[O-2]. The van der Waals surface area contributed by atoms with E-state index in [0.29, 0.717) is 0 Å². The zero-order valence-corrected chi connectivity index (χ0v) is 9.56. The predicted molar refractivity (Wildman–Crippen MR) is 35.4 cm³/mol. The van der Waals surface area contributed by atoms with E-state index >= 15 is 0 Å². The van der Waals surface area contributed by atoms with Crippen LogP contribution in [-0.4, -0.2) is 92.7 Å². The maximum atomic E-state index is 0. The van der Waals surface area contributed by atoms with Crippen molar-refractivity contribution in [1.82, 2.24) is 0 Å². The second-order valence-electron chi connectivity index (χ2n) is 0. The van der Waals surface area contributed by atoms with Gasteiger partial charge in [0.1, 0.15) is 0 Å². The average Bonchev–Trinajstić information content (AvgIpc) is 0. The van der Waals surface area contributed by atoms with Gasteiger partial charge in [-0.1, -0.05) is 0 Å². The van der Waals surface area contributed by atoms with Gasteiger partial charge in [-0.15, -0.1) is 0 Å². The van der Waals surface area contributed by atoms with Gasteiger partial charge in [0.05, 0.1) is 0 Å². The Bertz CT molecular complexity index is 4.69. The quantitative estimate of drug-likeness (QED) is 0.376. The summed E-state index contributed by atoms with van der Waals surface area (Å²) in [5.74, 6) is 0. The molecule has 72 valence electrons. The predicted octanol–water partition coefficient (Wildman–Crippen LogP) is -7.10. The number of hydrogen-bond donors (Lipinski definition) is 0. The summed E-state index contributed by atoms with van der Waals surface area (Å²) >= 11 is 0. The molecule has 0 unspecified atom stereocenters. The molecule has 0 aromatic heterocycles.